The topological polar surface area (TPSA) is 57.6 Å². The van der Waals surface area contributed by atoms with E-state index >= 15 is 0 Å². The van der Waals surface area contributed by atoms with Crippen LogP contribution in [0.1, 0.15) is 25.5 Å². The highest BCUT2D eigenvalue weighted by Crippen LogP contribution is 2.15. The molecule has 1 aromatic rings. The van der Waals surface area contributed by atoms with Crippen LogP contribution in [0.4, 0.5) is 4.39 Å². The van der Waals surface area contributed by atoms with E-state index in [2.05, 4.69) is 0 Å². The molecule has 0 spiro atoms. The summed E-state index contributed by atoms with van der Waals surface area (Å²) >= 11 is 0. The summed E-state index contributed by atoms with van der Waals surface area (Å²) in [4.78, 5) is 1.93. The highest BCUT2D eigenvalue weighted by Gasteiger charge is 2.16. The van der Waals surface area contributed by atoms with Crippen molar-refractivity contribution in [1.82, 2.24) is 4.90 Å². The second-order valence-electron chi connectivity index (χ2n) is 5.85. The van der Waals surface area contributed by atoms with E-state index in [0.29, 0.717) is 31.1 Å². The van der Waals surface area contributed by atoms with Crippen molar-refractivity contribution < 1.29 is 17.9 Å². The largest absolute Gasteiger partial charge is 0.387 e. The van der Waals surface area contributed by atoms with Gasteiger partial charge in [0, 0.05) is 25.9 Å². The van der Waals surface area contributed by atoms with Crippen molar-refractivity contribution in [3.63, 3.8) is 0 Å². The number of sulfone groups is 1. The highest BCUT2D eigenvalue weighted by molar-refractivity contribution is 7.90. The van der Waals surface area contributed by atoms with Gasteiger partial charge < -0.3 is 5.11 Å². The summed E-state index contributed by atoms with van der Waals surface area (Å²) in [5, 5.41) is 10.2. The zero-order valence-electron chi connectivity index (χ0n) is 12.8. The molecular formula is C15H24FNO3S. The summed E-state index contributed by atoms with van der Waals surface area (Å²) in [6.07, 6.45) is 0.445. The first-order chi connectivity index (χ1) is 9.67. The number of rotatable bonds is 8. The molecule has 0 aliphatic rings. The van der Waals surface area contributed by atoms with E-state index in [9.17, 15) is 17.9 Å². The Morgan fingerprint density at radius 2 is 1.76 bits per heavy atom. The number of benzene rings is 1. The van der Waals surface area contributed by atoms with Crippen LogP contribution < -0.4 is 0 Å². The van der Waals surface area contributed by atoms with E-state index in [0.717, 1.165) is 0 Å². The predicted octanol–water partition coefficient (Wildman–Crippen LogP) is 1.86. The van der Waals surface area contributed by atoms with Gasteiger partial charge in [0.15, 0.2) is 0 Å². The van der Waals surface area contributed by atoms with E-state index in [-0.39, 0.29) is 11.6 Å². The molecule has 0 aliphatic heterocycles. The molecule has 1 N–H and O–H groups in total. The molecule has 0 heterocycles. The normalized spacial score (nSPS) is 13.9. The van der Waals surface area contributed by atoms with Crippen molar-refractivity contribution in [3.05, 3.63) is 35.6 Å². The lowest BCUT2D eigenvalue weighted by Gasteiger charge is -2.26. The fourth-order valence-corrected chi connectivity index (χ4v) is 2.69. The quantitative estimate of drug-likeness (QED) is 0.795. The minimum Gasteiger partial charge on any atom is -0.387 e. The summed E-state index contributed by atoms with van der Waals surface area (Å²) in [5.74, 6) is 0.0857. The van der Waals surface area contributed by atoms with Crippen LogP contribution in [0, 0.1) is 11.7 Å². The lowest BCUT2D eigenvalue weighted by atomic mass is 10.1. The van der Waals surface area contributed by atoms with E-state index in [4.69, 9.17) is 0 Å². The molecule has 120 valence electrons. The van der Waals surface area contributed by atoms with Crippen molar-refractivity contribution in [2.45, 2.75) is 20.0 Å². The Bertz CT molecular complexity index is 528. The third kappa shape index (κ3) is 7.55. The van der Waals surface area contributed by atoms with Crippen LogP contribution in [0.25, 0.3) is 0 Å². The number of halogens is 1. The molecular weight excluding hydrogens is 293 g/mol. The summed E-state index contributed by atoms with van der Waals surface area (Å²) in [5.41, 5.74) is 0.629. The summed E-state index contributed by atoms with van der Waals surface area (Å²) in [7, 11) is -3.03. The Hall–Kier alpha value is -0.980. The lowest BCUT2D eigenvalue weighted by molar-refractivity contribution is 0.109. The van der Waals surface area contributed by atoms with E-state index in [1.54, 1.807) is 12.1 Å². The van der Waals surface area contributed by atoms with Gasteiger partial charge in [0.1, 0.15) is 15.7 Å². The fourth-order valence-electron chi connectivity index (χ4n) is 2.10. The second-order valence-corrected chi connectivity index (χ2v) is 8.11. The standard InChI is InChI=1S/C15H24FNO3S/c1-12(2)10-17(8-9-21(3,19)20)11-15(18)13-4-6-14(16)7-5-13/h4-7,12,15,18H,8-11H2,1-3H3. The number of hydrogen-bond donors (Lipinski definition) is 1. The monoisotopic (exact) mass is 317 g/mol. The van der Waals surface area contributed by atoms with Crippen molar-refractivity contribution >= 4 is 9.84 Å². The smallest absolute Gasteiger partial charge is 0.148 e. The average Bonchev–Trinajstić information content (AvgIpc) is 2.35. The van der Waals surface area contributed by atoms with Gasteiger partial charge in [-0.25, -0.2) is 12.8 Å². The van der Waals surface area contributed by atoms with Crippen LogP contribution in [0.2, 0.25) is 0 Å². The minimum absolute atomic E-state index is 0.0653. The predicted molar refractivity (Wildman–Crippen MR) is 82.3 cm³/mol. The van der Waals surface area contributed by atoms with Gasteiger partial charge in [0.2, 0.25) is 0 Å². The first-order valence-electron chi connectivity index (χ1n) is 7.01. The van der Waals surface area contributed by atoms with E-state index < -0.39 is 15.9 Å². The summed E-state index contributed by atoms with van der Waals surface area (Å²) in [6.45, 7) is 5.50. The van der Waals surface area contributed by atoms with Crippen LogP contribution >= 0.6 is 0 Å². The molecule has 0 saturated heterocycles. The van der Waals surface area contributed by atoms with Crippen LogP contribution in [-0.2, 0) is 9.84 Å². The average molecular weight is 317 g/mol. The van der Waals surface area contributed by atoms with Crippen molar-refractivity contribution in [1.29, 1.82) is 0 Å². The van der Waals surface area contributed by atoms with Crippen LogP contribution in [0.3, 0.4) is 0 Å². The first kappa shape index (κ1) is 18.1. The number of hydrogen-bond acceptors (Lipinski definition) is 4. The van der Waals surface area contributed by atoms with Gasteiger partial charge in [-0.3, -0.25) is 4.90 Å². The Morgan fingerprint density at radius 1 is 1.19 bits per heavy atom. The molecule has 0 aliphatic carbocycles. The second kappa shape index (κ2) is 7.87. The number of nitrogens with zero attached hydrogens (tertiary/aromatic N) is 1. The SMILES string of the molecule is CC(C)CN(CCS(C)(=O)=O)CC(O)c1ccc(F)cc1. The molecule has 21 heavy (non-hydrogen) atoms. The van der Waals surface area contributed by atoms with Gasteiger partial charge in [-0.05, 0) is 23.6 Å². The van der Waals surface area contributed by atoms with Crippen molar-refractivity contribution in [2.24, 2.45) is 5.92 Å². The molecule has 0 aromatic heterocycles. The van der Waals surface area contributed by atoms with Gasteiger partial charge in [-0.15, -0.1) is 0 Å². The molecule has 1 atom stereocenters. The molecule has 6 heteroatoms. The number of aliphatic hydroxyl groups excluding tert-OH is 1. The molecule has 4 nitrogen and oxygen atoms in total. The van der Waals surface area contributed by atoms with Gasteiger partial charge in [0.25, 0.3) is 0 Å². The van der Waals surface area contributed by atoms with Crippen molar-refractivity contribution in [3.8, 4) is 0 Å². The molecule has 0 bridgehead atoms. The van der Waals surface area contributed by atoms with Crippen LogP contribution in [-0.4, -0.2) is 50.1 Å². The van der Waals surface area contributed by atoms with E-state index in [1.165, 1.54) is 18.4 Å². The summed E-state index contributed by atoms with van der Waals surface area (Å²) < 4.78 is 35.4. The zero-order valence-corrected chi connectivity index (χ0v) is 13.6. The van der Waals surface area contributed by atoms with Gasteiger partial charge in [-0.2, -0.15) is 0 Å². The molecule has 0 amide bonds. The zero-order chi connectivity index (χ0) is 16.0. The van der Waals surface area contributed by atoms with E-state index in [1.807, 2.05) is 18.7 Å². The van der Waals surface area contributed by atoms with Crippen LogP contribution in [0.15, 0.2) is 24.3 Å². The highest BCUT2D eigenvalue weighted by atomic mass is 32.2. The third-order valence-electron chi connectivity index (χ3n) is 3.09. The van der Waals surface area contributed by atoms with Gasteiger partial charge >= 0.3 is 0 Å². The maximum absolute atomic E-state index is 12.9. The summed E-state index contributed by atoms with van der Waals surface area (Å²) in [6, 6.07) is 5.71. The first-order valence-corrected chi connectivity index (χ1v) is 9.07. The minimum atomic E-state index is -3.03. The van der Waals surface area contributed by atoms with Gasteiger partial charge in [-0.1, -0.05) is 26.0 Å². The van der Waals surface area contributed by atoms with Crippen molar-refractivity contribution in [2.75, 3.05) is 31.6 Å². The molecule has 1 rings (SSSR count). The Balaban J connectivity index is 2.68. The number of aliphatic hydroxyl groups is 1. The Kier molecular flexibility index (Phi) is 6.77. The third-order valence-corrected chi connectivity index (χ3v) is 4.01. The molecule has 1 unspecified atom stereocenters. The van der Waals surface area contributed by atoms with Gasteiger partial charge in [0.05, 0.1) is 11.9 Å². The molecule has 1 aromatic carbocycles. The Labute approximate surface area is 126 Å². The maximum Gasteiger partial charge on any atom is 0.148 e. The lowest BCUT2D eigenvalue weighted by Crippen LogP contribution is -2.35. The molecule has 0 saturated carbocycles. The molecule has 0 radical (unpaired) electrons. The molecule has 0 fully saturated rings. The maximum atomic E-state index is 12.9. The Morgan fingerprint density at radius 3 is 2.24 bits per heavy atom. The fraction of sp³-hybridized carbons (Fsp3) is 0.600. The van der Waals surface area contributed by atoms with Crippen LogP contribution in [0.5, 0.6) is 0 Å².